The molecule has 0 saturated carbocycles. The summed E-state index contributed by atoms with van der Waals surface area (Å²) in [6.45, 7) is 16.9. The zero-order valence-electron chi connectivity index (χ0n) is 14.0. The molecule has 1 aliphatic heterocycles. The van der Waals surface area contributed by atoms with E-state index in [1.807, 2.05) is 0 Å². The van der Waals surface area contributed by atoms with Crippen LogP contribution < -0.4 is 5.32 Å². The molecule has 0 bridgehead atoms. The van der Waals surface area contributed by atoms with Gasteiger partial charge in [-0.2, -0.15) is 0 Å². The first-order chi connectivity index (χ1) is 9.38. The van der Waals surface area contributed by atoms with Crippen molar-refractivity contribution in [1.82, 2.24) is 15.1 Å². The van der Waals surface area contributed by atoms with E-state index in [2.05, 4.69) is 49.7 Å². The summed E-state index contributed by atoms with van der Waals surface area (Å²) in [5, 5.41) is 3.10. The Labute approximate surface area is 124 Å². The number of rotatable bonds is 6. The monoisotopic (exact) mass is 283 g/mol. The highest BCUT2D eigenvalue weighted by Gasteiger charge is 2.18. The highest BCUT2D eigenvalue weighted by molar-refractivity contribution is 5.78. The topological polar surface area (TPSA) is 35.6 Å². The molecule has 1 saturated heterocycles. The molecule has 1 N–H and O–H groups in total. The third-order valence-corrected chi connectivity index (χ3v) is 4.06. The van der Waals surface area contributed by atoms with Crippen molar-refractivity contribution in [2.24, 2.45) is 11.8 Å². The van der Waals surface area contributed by atoms with E-state index in [4.69, 9.17) is 0 Å². The summed E-state index contributed by atoms with van der Waals surface area (Å²) in [6, 6.07) is 0.256. The number of hydrogen-bond donors (Lipinski definition) is 1. The van der Waals surface area contributed by atoms with Crippen molar-refractivity contribution >= 4 is 5.91 Å². The van der Waals surface area contributed by atoms with Gasteiger partial charge in [0.25, 0.3) is 0 Å². The van der Waals surface area contributed by atoms with Gasteiger partial charge in [-0.25, -0.2) is 0 Å². The van der Waals surface area contributed by atoms with Gasteiger partial charge < -0.3 is 10.2 Å². The van der Waals surface area contributed by atoms with Crippen molar-refractivity contribution in [2.75, 3.05) is 39.3 Å². The fourth-order valence-electron chi connectivity index (χ4n) is 2.55. The van der Waals surface area contributed by atoms with Gasteiger partial charge in [0.2, 0.25) is 5.91 Å². The normalized spacial score (nSPS) is 20.1. The van der Waals surface area contributed by atoms with E-state index in [9.17, 15) is 4.79 Å². The van der Waals surface area contributed by atoms with Crippen molar-refractivity contribution in [3.05, 3.63) is 0 Å². The summed E-state index contributed by atoms with van der Waals surface area (Å²) >= 11 is 0. The van der Waals surface area contributed by atoms with Gasteiger partial charge in [0.1, 0.15) is 0 Å². The molecule has 4 nitrogen and oxygen atoms in total. The molecule has 0 spiro atoms. The zero-order chi connectivity index (χ0) is 15.1. The number of nitrogens with zero attached hydrogens (tertiary/aromatic N) is 2. The minimum absolute atomic E-state index is 0.170. The number of carbonyl (C=O) groups excluding carboxylic acids is 1. The molecule has 0 aromatic carbocycles. The minimum Gasteiger partial charge on any atom is -0.352 e. The van der Waals surface area contributed by atoms with Crippen LogP contribution in [0.1, 0.15) is 41.0 Å². The summed E-state index contributed by atoms with van der Waals surface area (Å²) in [7, 11) is 0. The molecular weight excluding hydrogens is 250 g/mol. The van der Waals surface area contributed by atoms with Crippen molar-refractivity contribution < 1.29 is 4.79 Å². The van der Waals surface area contributed by atoms with E-state index in [1.54, 1.807) is 0 Å². The van der Waals surface area contributed by atoms with Gasteiger partial charge in [0.15, 0.2) is 0 Å². The van der Waals surface area contributed by atoms with E-state index in [0.29, 0.717) is 12.5 Å². The van der Waals surface area contributed by atoms with E-state index in [0.717, 1.165) is 25.6 Å². The summed E-state index contributed by atoms with van der Waals surface area (Å²) in [6.07, 6.45) is 1.17. The molecular formula is C16H33N3O. The van der Waals surface area contributed by atoms with Gasteiger partial charge in [-0.3, -0.25) is 9.69 Å². The van der Waals surface area contributed by atoms with E-state index < -0.39 is 0 Å². The van der Waals surface area contributed by atoms with Gasteiger partial charge in [-0.15, -0.1) is 0 Å². The quantitative estimate of drug-likeness (QED) is 0.807. The maximum absolute atomic E-state index is 12.0. The van der Waals surface area contributed by atoms with Gasteiger partial charge in [0.05, 0.1) is 6.54 Å². The van der Waals surface area contributed by atoms with E-state index in [-0.39, 0.29) is 11.9 Å². The number of hydrogen-bond acceptors (Lipinski definition) is 3. The second kappa shape index (κ2) is 8.63. The van der Waals surface area contributed by atoms with Crippen LogP contribution in [0.4, 0.5) is 0 Å². The fraction of sp³-hybridized carbons (Fsp3) is 0.938. The third-order valence-electron chi connectivity index (χ3n) is 4.06. The Morgan fingerprint density at radius 3 is 2.20 bits per heavy atom. The number of carbonyl (C=O) groups is 1. The number of nitrogens with one attached hydrogen (secondary N) is 1. The summed E-state index contributed by atoms with van der Waals surface area (Å²) < 4.78 is 0. The van der Waals surface area contributed by atoms with Crippen molar-refractivity contribution in [3.8, 4) is 0 Å². The Morgan fingerprint density at radius 1 is 1.00 bits per heavy atom. The summed E-state index contributed by atoms with van der Waals surface area (Å²) in [4.78, 5) is 16.9. The number of amides is 1. The van der Waals surface area contributed by atoms with Crippen LogP contribution in [0.3, 0.4) is 0 Å². The van der Waals surface area contributed by atoms with Crippen LogP contribution in [0.15, 0.2) is 0 Å². The molecule has 1 amide bonds. The van der Waals surface area contributed by atoms with Gasteiger partial charge in [-0.1, -0.05) is 27.7 Å². The Morgan fingerprint density at radius 2 is 1.60 bits per heavy atom. The molecule has 1 aliphatic rings. The highest BCUT2D eigenvalue weighted by atomic mass is 16.2. The maximum Gasteiger partial charge on any atom is 0.234 e. The molecule has 0 radical (unpaired) electrons. The smallest absolute Gasteiger partial charge is 0.234 e. The van der Waals surface area contributed by atoms with Crippen LogP contribution in [0, 0.1) is 11.8 Å². The zero-order valence-corrected chi connectivity index (χ0v) is 14.0. The predicted molar refractivity (Wildman–Crippen MR) is 84.8 cm³/mol. The minimum atomic E-state index is 0.170. The first kappa shape index (κ1) is 17.4. The molecule has 0 aromatic rings. The lowest BCUT2D eigenvalue weighted by atomic mass is 10.1. The van der Waals surface area contributed by atoms with Crippen molar-refractivity contribution in [1.29, 1.82) is 0 Å². The van der Waals surface area contributed by atoms with Crippen LogP contribution in [-0.4, -0.2) is 61.0 Å². The third kappa shape index (κ3) is 6.71. The average molecular weight is 283 g/mol. The molecule has 20 heavy (non-hydrogen) atoms. The average Bonchev–Trinajstić information content (AvgIpc) is 2.54. The molecule has 1 fully saturated rings. The SMILES string of the molecule is CC(C)CN1CCCN(CC(=O)NC(C)C(C)C)CC1. The predicted octanol–water partition coefficient (Wildman–Crippen LogP) is 1.81. The van der Waals surface area contributed by atoms with Crippen LogP contribution in [0.2, 0.25) is 0 Å². The Hall–Kier alpha value is -0.610. The second-order valence-corrected chi connectivity index (χ2v) is 6.92. The first-order valence-electron chi connectivity index (χ1n) is 8.12. The Kier molecular flexibility index (Phi) is 7.52. The Bertz CT molecular complexity index is 291. The lowest BCUT2D eigenvalue weighted by molar-refractivity contribution is -0.123. The largest absolute Gasteiger partial charge is 0.352 e. The second-order valence-electron chi connectivity index (χ2n) is 6.92. The van der Waals surface area contributed by atoms with E-state index in [1.165, 1.54) is 19.5 Å². The molecule has 1 atom stereocenters. The van der Waals surface area contributed by atoms with Crippen LogP contribution in [0.5, 0.6) is 0 Å². The van der Waals surface area contributed by atoms with Crippen molar-refractivity contribution in [2.45, 2.75) is 47.1 Å². The van der Waals surface area contributed by atoms with Crippen molar-refractivity contribution in [3.63, 3.8) is 0 Å². The van der Waals surface area contributed by atoms with Crippen LogP contribution in [-0.2, 0) is 4.79 Å². The Balaban J connectivity index is 2.32. The molecule has 1 unspecified atom stereocenters. The molecule has 0 aliphatic carbocycles. The van der Waals surface area contributed by atoms with Gasteiger partial charge in [0, 0.05) is 25.7 Å². The molecule has 1 rings (SSSR count). The fourth-order valence-corrected chi connectivity index (χ4v) is 2.55. The summed E-state index contributed by atoms with van der Waals surface area (Å²) in [5.74, 6) is 1.38. The standard InChI is InChI=1S/C16H33N3O/c1-13(2)11-18-7-6-8-19(10-9-18)12-16(20)17-15(5)14(3)4/h13-15H,6-12H2,1-5H3,(H,17,20). The maximum atomic E-state index is 12.0. The van der Waals surface area contributed by atoms with Crippen LogP contribution >= 0.6 is 0 Å². The molecule has 118 valence electrons. The lowest BCUT2D eigenvalue weighted by Crippen LogP contribution is -2.43. The molecule has 1 heterocycles. The van der Waals surface area contributed by atoms with Gasteiger partial charge >= 0.3 is 0 Å². The summed E-state index contributed by atoms with van der Waals surface area (Å²) in [5.41, 5.74) is 0. The van der Waals surface area contributed by atoms with E-state index >= 15 is 0 Å². The van der Waals surface area contributed by atoms with Gasteiger partial charge in [-0.05, 0) is 38.3 Å². The van der Waals surface area contributed by atoms with Crippen LogP contribution in [0.25, 0.3) is 0 Å². The molecule has 0 aromatic heterocycles. The first-order valence-corrected chi connectivity index (χ1v) is 8.12. The molecule has 4 heteroatoms. The highest BCUT2D eigenvalue weighted by Crippen LogP contribution is 2.06. The lowest BCUT2D eigenvalue weighted by Gasteiger charge is -2.24.